The van der Waals surface area contributed by atoms with Crippen LogP contribution in [0.25, 0.3) is 0 Å². The summed E-state index contributed by atoms with van der Waals surface area (Å²) in [6.07, 6.45) is 1.01. The van der Waals surface area contributed by atoms with Gasteiger partial charge in [0.1, 0.15) is 0 Å². The van der Waals surface area contributed by atoms with Gasteiger partial charge in [-0.15, -0.1) is 22.9 Å². The molecule has 0 saturated carbocycles. The van der Waals surface area contributed by atoms with Crippen molar-refractivity contribution in [3.05, 3.63) is 16.5 Å². The van der Waals surface area contributed by atoms with Crippen LogP contribution in [0.4, 0.5) is 5.00 Å². The molecule has 0 saturated heterocycles. The molecule has 0 aliphatic heterocycles. The van der Waals surface area contributed by atoms with E-state index in [4.69, 9.17) is 23.2 Å². The summed E-state index contributed by atoms with van der Waals surface area (Å²) in [6, 6.07) is 3.94. The summed E-state index contributed by atoms with van der Waals surface area (Å²) >= 11 is 13.0. The first kappa shape index (κ1) is 10.2. The third-order valence-corrected chi connectivity index (χ3v) is 3.18. The summed E-state index contributed by atoms with van der Waals surface area (Å²) in [6.45, 7) is 0.986. The van der Waals surface area contributed by atoms with Crippen molar-refractivity contribution < 1.29 is 0 Å². The van der Waals surface area contributed by atoms with E-state index in [1.165, 1.54) is 5.00 Å². The van der Waals surface area contributed by atoms with Crippen molar-refractivity contribution >= 4 is 39.5 Å². The van der Waals surface area contributed by atoms with Crippen LogP contribution >= 0.6 is 34.5 Å². The summed E-state index contributed by atoms with van der Waals surface area (Å²) in [4.78, 5) is 2.17. The molecule has 0 atom stereocenters. The largest absolute Gasteiger partial charge is 0.366 e. The number of anilines is 1. The minimum absolute atomic E-state index is 0.712. The summed E-state index contributed by atoms with van der Waals surface area (Å²) < 4.78 is 0.836. The highest BCUT2D eigenvalue weighted by Crippen LogP contribution is 2.28. The standard InChI is InChI=1S/C8H11Cl2NS/c1-11(6-2-5-9)8-4-3-7(10)12-8/h3-4H,2,5-6H2,1H3. The molecule has 4 heteroatoms. The molecule has 1 nitrogen and oxygen atoms in total. The lowest BCUT2D eigenvalue weighted by atomic mass is 10.4. The van der Waals surface area contributed by atoms with Crippen molar-refractivity contribution in [1.82, 2.24) is 0 Å². The zero-order valence-electron chi connectivity index (χ0n) is 6.89. The van der Waals surface area contributed by atoms with Crippen molar-refractivity contribution in [3.8, 4) is 0 Å². The quantitative estimate of drug-likeness (QED) is 0.708. The van der Waals surface area contributed by atoms with Gasteiger partial charge in [-0.1, -0.05) is 11.6 Å². The second-order valence-electron chi connectivity index (χ2n) is 2.54. The molecule has 0 aliphatic rings. The van der Waals surface area contributed by atoms with Gasteiger partial charge < -0.3 is 4.90 Å². The van der Waals surface area contributed by atoms with Crippen molar-refractivity contribution in [2.45, 2.75) is 6.42 Å². The molecule has 0 amide bonds. The highest BCUT2D eigenvalue weighted by atomic mass is 35.5. The maximum Gasteiger partial charge on any atom is 0.0950 e. The lowest BCUT2D eigenvalue weighted by Crippen LogP contribution is -2.17. The normalized spacial score (nSPS) is 10.2. The van der Waals surface area contributed by atoms with Crippen LogP contribution in [0.2, 0.25) is 4.34 Å². The van der Waals surface area contributed by atoms with E-state index in [9.17, 15) is 0 Å². The molecule has 0 aliphatic carbocycles. The van der Waals surface area contributed by atoms with E-state index >= 15 is 0 Å². The second-order valence-corrected chi connectivity index (χ2v) is 4.61. The van der Waals surface area contributed by atoms with Gasteiger partial charge in [-0.05, 0) is 18.6 Å². The van der Waals surface area contributed by atoms with E-state index in [1.54, 1.807) is 11.3 Å². The summed E-state index contributed by atoms with van der Waals surface area (Å²) in [5, 5.41) is 1.20. The molecule has 0 unspecified atom stereocenters. The first-order valence-corrected chi connectivity index (χ1v) is 5.49. The second kappa shape index (κ2) is 4.95. The van der Waals surface area contributed by atoms with Crippen LogP contribution in [-0.4, -0.2) is 19.5 Å². The van der Waals surface area contributed by atoms with Gasteiger partial charge in [0.25, 0.3) is 0 Å². The van der Waals surface area contributed by atoms with Crippen molar-refractivity contribution in [3.63, 3.8) is 0 Å². The number of hydrogen-bond donors (Lipinski definition) is 0. The highest BCUT2D eigenvalue weighted by molar-refractivity contribution is 7.19. The smallest absolute Gasteiger partial charge is 0.0950 e. The average Bonchev–Trinajstić information content (AvgIpc) is 2.47. The Morgan fingerprint density at radius 1 is 1.50 bits per heavy atom. The topological polar surface area (TPSA) is 3.24 Å². The lowest BCUT2D eigenvalue weighted by molar-refractivity contribution is 0.864. The lowest BCUT2D eigenvalue weighted by Gasteiger charge is -2.15. The summed E-state index contributed by atoms with van der Waals surface area (Å²) in [5.41, 5.74) is 0. The molecule has 1 rings (SSSR count). The molecule has 12 heavy (non-hydrogen) atoms. The van der Waals surface area contributed by atoms with E-state index in [-0.39, 0.29) is 0 Å². The van der Waals surface area contributed by atoms with Crippen LogP contribution in [0.3, 0.4) is 0 Å². The van der Waals surface area contributed by atoms with Crippen LogP contribution in [0.15, 0.2) is 12.1 Å². The molecule has 68 valence electrons. The van der Waals surface area contributed by atoms with Gasteiger partial charge in [0.15, 0.2) is 0 Å². The van der Waals surface area contributed by atoms with Crippen LogP contribution in [0, 0.1) is 0 Å². The Morgan fingerprint density at radius 2 is 2.25 bits per heavy atom. The van der Waals surface area contributed by atoms with E-state index < -0.39 is 0 Å². The van der Waals surface area contributed by atoms with Gasteiger partial charge in [-0.3, -0.25) is 0 Å². The number of rotatable bonds is 4. The minimum atomic E-state index is 0.712. The Morgan fingerprint density at radius 3 is 2.75 bits per heavy atom. The fourth-order valence-corrected chi connectivity index (χ4v) is 2.06. The van der Waals surface area contributed by atoms with Gasteiger partial charge in [0, 0.05) is 19.5 Å². The number of alkyl halides is 1. The van der Waals surface area contributed by atoms with E-state index in [2.05, 4.69) is 11.9 Å². The maximum atomic E-state index is 5.80. The van der Waals surface area contributed by atoms with Crippen molar-refractivity contribution in [2.24, 2.45) is 0 Å². The van der Waals surface area contributed by atoms with Crippen LogP contribution in [0.1, 0.15) is 6.42 Å². The van der Waals surface area contributed by atoms with Crippen molar-refractivity contribution in [1.29, 1.82) is 0 Å². The number of nitrogens with zero attached hydrogens (tertiary/aromatic N) is 1. The zero-order chi connectivity index (χ0) is 8.97. The van der Waals surface area contributed by atoms with E-state index in [0.29, 0.717) is 5.88 Å². The third kappa shape index (κ3) is 2.85. The number of thiophene rings is 1. The molecule has 0 radical (unpaired) electrons. The number of hydrogen-bond acceptors (Lipinski definition) is 2. The first-order chi connectivity index (χ1) is 5.74. The minimum Gasteiger partial charge on any atom is -0.366 e. The van der Waals surface area contributed by atoms with Gasteiger partial charge >= 0.3 is 0 Å². The molecule has 1 aromatic heterocycles. The highest BCUT2D eigenvalue weighted by Gasteiger charge is 2.02. The molecule has 0 aromatic carbocycles. The Bertz CT molecular complexity index is 237. The monoisotopic (exact) mass is 223 g/mol. The van der Waals surface area contributed by atoms with E-state index in [0.717, 1.165) is 17.3 Å². The summed E-state index contributed by atoms with van der Waals surface area (Å²) in [5.74, 6) is 0.712. The molecule has 0 spiro atoms. The fraction of sp³-hybridized carbons (Fsp3) is 0.500. The predicted molar refractivity (Wildman–Crippen MR) is 57.9 cm³/mol. The van der Waals surface area contributed by atoms with Gasteiger partial charge in [0.2, 0.25) is 0 Å². The summed E-state index contributed by atoms with van der Waals surface area (Å²) in [7, 11) is 2.05. The fourth-order valence-electron chi connectivity index (χ4n) is 0.917. The Labute approximate surface area is 86.9 Å². The zero-order valence-corrected chi connectivity index (χ0v) is 9.22. The van der Waals surface area contributed by atoms with Gasteiger partial charge in [-0.25, -0.2) is 0 Å². The molecular formula is C8H11Cl2NS. The molecule has 0 bridgehead atoms. The first-order valence-electron chi connectivity index (χ1n) is 3.76. The van der Waals surface area contributed by atoms with Gasteiger partial charge in [0.05, 0.1) is 9.34 Å². The molecule has 1 heterocycles. The maximum absolute atomic E-state index is 5.80. The SMILES string of the molecule is CN(CCCCl)c1ccc(Cl)s1. The Kier molecular flexibility index (Phi) is 4.19. The van der Waals surface area contributed by atoms with Crippen LogP contribution in [-0.2, 0) is 0 Å². The van der Waals surface area contributed by atoms with Crippen LogP contribution < -0.4 is 4.90 Å². The Hall–Kier alpha value is 0.0800. The molecule has 0 fully saturated rings. The average molecular weight is 224 g/mol. The number of halogens is 2. The van der Waals surface area contributed by atoms with E-state index in [1.807, 2.05) is 12.1 Å². The third-order valence-electron chi connectivity index (χ3n) is 1.56. The molecular weight excluding hydrogens is 213 g/mol. The van der Waals surface area contributed by atoms with Gasteiger partial charge in [-0.2, -0.15) is 0 Å². The molecule has 1 aromatic rings. The Balaban J connectivity index is 2.47. The predicted octanol–water partition coefficient (Wildman–Crippen LogP) is 3.47. The van der Waals surface area contributed by atoms with Crippen molar-refractivity contribution in [2.75, 3.05) is 24.4 Å². The van der Waals surface area contributed by atoms with Crippen LogP contribution in [0.5, 0.6) is 0 Å². The molecule has 0 N–H and O–H groups in total.